The highest BCUT2D eigenvalue weighted by Gasteiger charge is 2.28. The van der Waals surface area contributed by atoms with Gasteiger partial charge in [0.05, 0.1) is 19.8 Å². The number of rotatable bonds is 5. The van der Waals surface area contributed by atoms with E-state index in [4.69, 9.17) is 15.2 Å². The number of nitrogens with two attached hydrogens (primary N) is 1. The summed E-state index contributed by atoms with van der Waals surface area (Å²) in [7, 11) is 1.35. The first kappa shape index (κ1) is 27.8. The zero-order chi connectivity index (χ0) is 25.2. The number of pyridine rings is 1. The van der Waals surface area contributed by atoms with Gasteiger partial charge in [-0.05, 0) is 31.5 Å². The van der Waals surface area contributed by atoms with Crippen LogP contribution in [0.4, 0.5) is 27.6 Å². The first-order chi connectivity index (χ1) is 15.4. The predicted octanol–water partition coefficient (Wildman–Crippen LogP) is 4.18. The molecule has 0 saturated carbocycles. The van der Waals surface area contributed by atoms with Crippen molar-refractivity contribution in [1.29, 1.82) is 0 Å². The van der Waals surface area contributed by atoms with Gasteiger partial charge in [-0.1, -0.05) is 6.07 Å². The van der Waals surface area contributed by atoms with Gasteiger partial charge in [-0.15, -0.1) is 0 Å². The van der Waals surface area contributed by atoms with Crippen LogP contribution in [-0.2, 0) is 9.53 Å². The fraction of sp³-hybridized carbons (Fsp3) is 0.381. The van der Waals surface area contributed by atoms with Gasteiger partial charge in [0.2, 0.25) is 12.2 Å². The number of carbonyl (C=O) groups excluding carboxylic acids is 2. The summed E-state index contributed by atoms with van der Waals surface area (Å²) in [6.07, 6.45) is -1.13. The topological polar surface area (TPSA) is 104 Å². The molecule has 2 amide bonds. The number of nitrogens with one attached hydrogen (secondary N) is 1. The molecule has 2 unspecified atom stereocenters. The number of hydrogen-bond donors (Lipinski definition) is 2. The van der Waals surface area contributed by atoms with Crippen LogP contribution in [0, 0.1) is 11.6 Å². The Labute approximate surface area is 187 Å². The maximum atomic E-state index is 13.5. The monoisotopic (exact) mass is 477 g/mol. The van der Waals surface area contributed by atoms with Gasteiger partial charge in [0.1, 0.15) is 5.69 Å². The lowest BCUT2D eigenvalue weighted by Gasteiger charge is -2.14. The fourth-order valence-electron chi connectivity index (χ4n) is 2.83. The third kappa shape index (κ3) is 9.81. The molecule has 2 atom stereocenters. The molecule has 3 rings (SSSR count). The van der Waals surface area contributed by atoms with Crippen molar-refractivity contribution in [3.63, 3.8) is 0 Å². The van der Waals surface area contributed by atoms with E-state index < -0.39 is 23.7 Å². The Bertz CT molecular complexity index is 935. The molecule has 1 aliphatic heterocycles. The second-order valence-corrected chi connectivity index (χ2v) is 6.90. The van der Waals surface area contributed by atoms with E-state index in [1.54, 1.807) is 12.1 Å². The molecule has 1 saturated heterocycles. The highest BCUT2D eigenvalue weighted by Crippen LogP contribution is 2.36. The Balaban J connectivity index is 0.000000283. The van der Waals surface area contributed by atoms with Crippen molar-refractivity contribution in [3.05, 3.63) is 53.4 Å². The predicted molar refractivity (Wildman–Crippen MR) is 110 cm³/mol. The number of amides is 2. The number of ether oxygens (including phenoxy) is 2. The van der Waals surface area contributed by atoms with Gasteiger partial charge < -0.3 is 20.5 Å². The molecular weight excluding hydrogens is 453 g/mol. The number of benzene rings is 1. The standard InChI is InChI=1S/C12H14F2O2.C7H7N3O2.C2H3F3/c1-7-5-8(6-16-7)9-3-4-10(13)11(14)12(9)15-2;8-7(12)6-3-5(10-4-11)1-2-9-6;1-2(3,4)5/h3-4,7-8H,5-6H2,1-2H3;1-4H,(H2,8,12)(H,9,10,11);1H3. The molecule has 1 fully saturated rings. The average molecular weight is 477 g/mol. The molecule has 12 heteroatoms. The van der Waals surface area contributed by atoms with Crippen LogP contribution in [0.15, 0.2) is 30.5 Å². The minimum atomic E-state index is -4.00. The molecule has 0 aliphatic carbocycles. The van der Waals surface area contributed by atoms with E-state index in [-0.39, 0.29) is 30.4 Å². The average Bonchev–Trinajstić information content (AvgIpc) is 3.15. The third-order valence-corrected chi connectivity index (χ3v) is 4.16. The molecule has 1 aromatic carbocycles. The molecule has 3 N–H and O–H groups in total. The molecule has 1 aromatic heterocycles. The Hall–Kier alpha value is -3.28. The summed E-state index contributed by atoms with van der Waals surface area (Å²) in [4.78, 5) is 24.3. The van der Waals surface area contributed by atoms with Gasteiger partial charge in [-0.2, -0.15) is 17.6 Å². The Morgan fingerprint density at radius 1 is 1.30 bits per heavy atom. The number of alkyl halides is 3. The number of nitrogens with zero attached hydrogens (tertiary/aromatic N) is 1. The van der Waals surface area contributed by atoms with Gasteiger partial charge in [-0.3, -0.25) is 14.6 Å². The van der Waals surface area contributed by atoms with Crippen LogP contribution >= 0.6 is 0 Å². The molecule has 0 bridgehead atoms. The van der Waals surface area contributed by atoms with Crippen molar-refractivity contribution in [2.24, 2.45) is 5.73 Å². The van der Waals surface area contributed by atoms with Gasteiger partial charge in [-0.25, -0.2) is 4.39 Å². The Morgan fingerprint density at radius 3 is 2.42 bits per heavy atom. The summed E-state index contributed by atoms with van der Waals surface area (Å²) in [5.74, 6) is -2.33. The van der Waals surface area contributed by atoms with Crippen LogP contribution < -0.4 is 15.8 Å². The van der Waals surface area contributed by atoms with Crippen molar-refractivity contribution in [2.45, 2.75) is 38.5 Å². The number of aromatic nitrogens is 1. The Kier molecular flexibility index (Phi) is 10.7. The highest BCUT2D eigenvalue weighted by molar-refractivity contribution is 5.92. The lowest BCUT2D eigenvalue weighted by Crippen LogP contribution is -2.13. The normalized spacial score (nSPS) is 17.1. The first-order valence-electron chi connectivity index (χ1n) is 9.53. The number of halogens is 5. The van der Waals surface area contributed by atoms with Crippen LogP contribution in [0.2, 0.25) is 0 Å². The highest BCUT2D eigenvalue weighted by atomic mass is 19.4. The van der Waals surface area contributed by atoms with Crippen molar-refractivity contribution in [2.75, 3.05) is 19.0 Å². The maximum Gasteiger partial charge on any atom is 0.386 e. The number of anilines is 1. The molecule has 0 radical (unpaired) electrons. The van der Waals surface area contributed by atoms with Crippen molar-refractivity contribution in [1.82, 2.24) is 4.98 Å². The van der Waals surface area contributed by atoms with E-state index in [1.807, 2.05) is 6.92 Å². The van der Waals surface area contributed by atoms with Crippen LogP contribution in [0.1, 0.15) is 42.2 Å². The van der Waals surface area contributed by atoms with E-state index >= 15 is 0 Å². The van der Waals surface area contributed by atoms with E-state index in [1.165, 1.54) is 19.4 Å². The third-order valence-electron chi connectivity index (χ3n) is 4.16. The largest absolute Gasteiger partial charge is 0.493 e. The zero-order valence-corrected chi connectivity index (χ0v) is 18.1. The summed E-state index contributed by atoms with van der Waals surface area (Å²) in [5, 5.41) is 2.37. The Morgan fingerprint density at radius 2 is 1.94 bits per heavy atom. The lowest BCUT2D eigenvalue weighted by molar-refractivity contribution is -0.110. The van der Waals surface area contributed by atoms with Gasteiger partial charge in [0.25, 0.3) is 5.91 Å². The zero-order valence-electron chi connectivity index (χ0n) is 18.1. The van der Waals surface area contributed by atoms with Crippen LogP contribution in [-0.4, -0.2) is 43.3 Å². The molecule has 33 heavy (non-hydrogen) atoms. The van der Waals surface area contributed by atoms with Crippen LogP contribution in [0.5, 0.6) is 5.75 Å². The van der Waals surface area contributed by atoms with Crippen molar-refractivity contribution >= 4 is 18.0 Å². The molecule has 2 aromatic rings. The van der Waals surface area contributed by atoms with Crippen LogP contribution in [0.3, 0.4) is 0 Å². The number of carbonyl (C=O) groups is 2. The summed E-state index contributed by atoms with van der Waals surface area (Å²) in [5.41, 5.74) is 6.27. The van der Waals surface area contributed by atoms with E-state index in [9.17, 15) is 31.5 Å². The number of methoxy groups -OCH3 is 1. The first-order valence-corrected chi connectivity index (χ1v) is 9.53. The summed E-state index contributed by atoms with van der Waals surface area (Å²) < 4.78 is 67.9. The smallest absolute Gasteiger partial charge is 0.386 e. The minimum absolute atomic E-state index is 0.00250. The molecule has 182 valence electrons. The molecule has 1 aliphatic rings. The second kappa shape index (κ2) is 12.7. The molecular formula is C21H24F5N3O4. The SMILES string of the molecule is CC(F)(F)F.COc1c(C2COC(C)C2)ccc(F)c1F.NC(=O)c1cc(NC=O)ccn1. The molecule has 0 spiro atoms. The molecule has 2 heterocycles. The lowest BCUT2D eigenvalue weighted by atomic mass is 9.95. The second-order valence-electron chi connectivity index (χ2n) is 6.90. The van der Waals surface area contributed by atoms with Gasteiger partial charge >= 0.3 is 6.18 Å². The van der Waals surface area contributed by atoms with Gasteiger partial charge in [0, 0.05) is 30.3 Å². The van der Waals surface area contributed by atoms with E-state index in [0.717, 1.165) is 12.5 Å². The van der Waals surface area contributed by atoms with E-state index in [2.05, 4.69) is 10.3 Å². The summed E-state index contributed by atoms with van der Waals surface area (Å²) >= 11 is 0. The number of hydrogen-bond acceptors (Lipinski definition) is 5. The quantitative estimate of drug-likeness (QED) is 0.497. The van der Waals surface area contributed by atoms with Crippen molar-refractivity contribution in [3.8, 4) is 5.75 Å². The van der Waals surface area contributed by atoms with E-state index in [0.29, 0.717) is 24.3 Å². The summed E-state index contributed by atoms with van der Waals surface area (Å²) in [6, 6.07) is 5.66. The number of primary amides is 1. The maximum absolute atomic E-state index is 13.5. The molecule has 7 nitrogen and oxygen atoms in total. The van der Waals surface area contributed by atoms with Crippen molar-refractivity contribution < 1.29 is 41.0 Å². The van der Waals surface area contributed by atoms with Crippen LogP contribution in [0.25, 0.3) is 0 Å². The minimum Gasteiger partial charge on any atom is -0.493 e. The fourth-order valence-corrected chi connectivity index (χ4v) is 2.83. The summed E-state index contributed by atoms with van der Waals surface area (Å²) in [6.45, 7) is 2.68. The van der Waals surface area contributed by atoms with Gasteiger partial charge in [0.15, 0.2) is 11.6 Å².